The summed E-state index contributed by atoms with van der Waals surface area (Å²) in [6.45, 7) is 0. The van der Waals surface area contributed by atoms with E-state index >= 15 is 0 Å². The first-order chi connectivity index (χ1) is 10.7. The smallest absolute Gasteiger partial charge is 0.373 e. The third kappa shape index (κ3) is 2.99. The number of nitro groups is 1. The molecule has 0 atom stereocenters. The largest absolute Gasteiger partial charge is 0.434 e. The van der Waals surface area contributed by atoms with Crippen molar-refractivity contribution in [3.63, 3.8) is 0 Å². The van der Waals surface area contributed by atoms with Crippen LogP contribution in [0.4, 0.5) is 16.6 Å². The predicted octanol–water partition coefficient (Wildman–Crippen LogP) is 3.38. The molecule has 0 bridgehead atoms. The first-order valence-electron chi connectivity index (χ1n) is 6.13. The molecule has 0 aliphatic rings. The van der Waals surface area contributed by atoms with Gasteiger partial charge in [-0.15, -0.1) is 11.3 Å². The summed E-state index contributed by atoms with van der Waals surface area (Å²) in [5.74, 6) is 0.343. The van der Waals surface area contributed by atoms with Gasteiger partial charge in [0.15, 0.2) is 5.13 Å². The van der Waals surface area contributed by atoms with Crippen molar-refractivity contribution in [1.82, 2.24) is 15.0 Å². The number of rotatable bonds is 5. The van der Waals surface area contributed by atoms with Gasteiger partial charge in [-0.05, 0) is 12.1 Å². The van der Waals surface area contributed by atoms with Gasteiger partial charge >= 0.3 is 11.6 Å². The van der Waals surface area contributed by atoms with Crippen LogP contribution < -0.4 is 10.1 Å². The summed E-state index contributed by atoms with van der Waals surface area (Å²) < 4.78 is 5.48. The molecule has 3 rings (SSSR count). The Bertz CT molecular complexity index is 780. The van der Waals surface area contributed by atoms with Crippen LogP contribution >= 0.6 is 11.3 Å². The molecule has 110 valence electrons. The normalized spacial score (nSPS) is 10.2. The standard InChI is InChI=1S/C13H9N5O3S/c19-18(20)10-11(17-13-14-6-7-22-13)15-8-16-12(10)21-9-4-2-1-3-5-9/h1-8H,(H,14,15,16,17). The maximum Gasteiger partial charge on any atom is 0.373 e. The van der Waals surface area contributed by atoms with E-state index in [1.54, 1.807) is 35.8 Å². The van der Waals surface area contributed by atoms with Gasteiger partial charge in [0.2, 0.25) is 5.82 Å². The fraction of sp³-hybridized carbons (Fsp3) is 0. The van der Waals surface area contributed by atoms with Gasteiger partial charge in [0.25, 0.3) is 0 Å². The number of hydrogen-bond donors (Lipinski definition) is 1. The lowest BCUT2D eigenvalue weighted by molar-refractivity contribution is -0.385. The molecule has 0 amide bonds. The van der Waals surface area contributed by atoms with E-state index in [2.05, 4.69) is 20.3 Å². The zero-order valence-electron chi connectivity index (χ0n) is 11.0. The molecule has 1 aromatic carbocycles. The first-order valence-corrected chi connectivity index (χ1v) is 7.01. The minimum Gasteiger partial charge on any atom is -0.434 e. The number of nitrogens with one attached hydrogen (secondary N) is 1. The van der Waals surface area contributed by atoms with Gasteiger partial charge in [0.05, 0.1) is 4.92 Å². The third-order valence-corrected chi connectivity index (χ3v) is 3.28. The lowest BCUT2D eigenvalue weighted by Crippen LogP contribution is -2.03. The lowest BCUT2D eigenvalue weighted by Gasteiger charge is -2.07. The number of aromatic nitrogens is 3. The summed E-state index contributed by atoms with van der Waals surface area (Å²) in [6, 6.07) is 8.70. The van der Waals surface area contributed by atoms with E-state index in [9.17, 15) is 10.1 Å². The summed E-state index contributed by atoms with van der Waals surface area (Å²) >= 11 is 1.30. The van der Waals surface area contributed by atoms with E-state index in [0.717, 1.165) is 0 Å². The zero-order valence-corrected chi connectivity index (χ0v) is 11.9. The quantitative estimate of drug-likeness (QED) is 0.568. The van der Waals surface area contributed by atoms with E-state index in [-0.39, 0.29) is 17.4 Å². The van der Waals surface area contributed by atoms with E-state index in [4.69, 9.17) is 4.74 Å². The maximum absolute atomic E-state index is 11.3. The molecule has 0 aliphatic carbocycles. The molecule has 0 spiro atoms. The summed E-state index contributed by atoms with van der Waals surface area (Å²) in [7, 11) is 0. The van der Waals surface area contributed by atoms with E-state index in [1.807, 2.05) is 6.07 Å². The third-order valence-electron chi connectivity index (χ3n) is 2.59. The van der Waals surface area contributed by atoms with Crippen LogP contribution in [0.5, 0.6) is 11.6 Å². The maximum atomic E-state index is 11.3. The molecule has 1 N–H and O–H groups in total. The van der Waals surface area contributed by atoms with Crippen LogP contribution in [0.15, 0.2) is 48.2 Å². The minimum absolute atomic E-state index is 0.0286. The SMILES string of the molecule is O=[N+]([O-])c1c(Nc2nccs2)ncnc1Oc1ccccc1. The van der Waals surface area contributed by atoms with Crippen molar-refractivity contribution in [3.05, 3.63) is 58.4 Å². The molecule has 0 saturated heterocycles. The van der Waals surface area contributed by atoms with Gasteiger partial charge in [0, 0.05) is 11.6 Å². The van der Waals surface area contributed by atoms with Gasteiger partial charge in [-0.2, -0.15) is 4.98 Å². The Labute approximate surface area is 128 Å². The molecule has 9 heteroatoms. The monoisotopic (exact) mass is 315 g/mol. The summed E-state index contributed by atoms with van der Waals surface area (Å²) in [5, 5.41) is 16.4. The van der Waals surface area contributed by atoms with Crippen molar-refractivity contribution in [1.29, 1.82) is 0 Å². The van der Waals surface area contributed by atoms with Crippen LogP contribution in [0.25, 0.3) is 0 Å². The fourth-order valence-corrected chi connectivity index (χ4v) is 2.21. The molecule has 0 radical (unpaired) electrons. The van der Waals surface area contributed by atoms with Gasteiger partial charge in [-0.3, -0.25) is 10.1 Å². The minimum atomic E-state index is -0.589. The molecular formula is C13H9N5O3S. The molecule has 0 unspecified atom stereocenters. The van der Waals surface area contributed by atoms with Gasteiger partial charge < -0.3 is 10.1 Å². The van der Waals surface area contributed by atoms with Crippen molar-refractivity contribution in [2.24, 2.45) is 0 Å². The summed E-state index contributed by atoms with van der Waals surface area (Å²) in [5.41, 5.74) is -0.346. The lowest BCUT2D eigenvalue weighted by atomic mass is 10.3. The number of anilines is 2. The molecule has 2 aromatic heterocycles. The second-order valence-electron chi connectivity index (χ2n) is 4.01. The zero-order chi connectivity index (χ0) is 15.4. The van der Waals surface area contributed by atoms with Crippen LogP contribution in [0.2, 0.25) is 0 Å². The topological polar surface area (TPSA) is 103 Å². The number of hydrogen-bond acceptors (Lipinski definition) is 8. The van der Waals surface area contributed by atoms with Crippen molar-refractivity contribution in [3.8, 4) is 11.6 Å². The Morgan fingerprint density at radius 1 is 1.18 bits per heavy atom. The second-order valence-corrected chi connectivity index (χ2v) is 4.91. The summed E-state index contributed by atoms with van der Waals surface area (Å²) in [6.07, 6.45) is 2.78. The van der Waals surface area contributed by atoms with Crippen LogP contribution in [0.3, 0.4) is 0 Å². The van der Waals surface area contributed by atoms with E-state index in [0.29, 0.717) is 10.9 Å². The van der Waals surface area contributed by atoms with Crippen LogP contribution in [-0.2, 0) is 0 Å². The molecule has 8 nitrogen and oxygen atoms in total. The van der Waals surface area contributed by atoms with Crippen molar-refractivity contribution >= 4 is 28.0 Å². The van der Waals surface area contributed by atoms with Crippen molar-refractivity contribution < 1.29 is 9.66 Å². The molecule has 0 aliphatic heterocycles. The molecule has 0 saturated carbocycles. The highest BCUT2D eigenvalue weighted by Gasteiger charge is 2.25. The second kappa shape index (κ2) is 6.14. The highest BCUT2D eigenvalue weighted by Crippen LogP contribution is 2.35. The Hall–Kier alpha value is -3.07. The fourth-order valence-electron chi connectivity index (χ4n) is 1.68. The number of para-hydroxylation sites is 1. The number of benzene rings is 1. The van der Waals surface area contributed by atoms with Crippen LogP contribution in [-0.4, -0.2) is 19.9 Å². The average Bonchev–Trinajstić information content (AvgIpc) is 3.01. The Kier molecular flexibility index (Phi) is 3.88. The van der Waals surface area contributed by atoms with Crippen molar-refractivity contribution in [2.45, 2.75) is 0 Å². The molecule has 2 heterocycles. The average molecular weight is 315 g/mol. The molecule has 3 aromatic rings. The molecule has 22 heavy (non-hydrogen) atoms. The number of thiazole rings is 1. The number of nitrogens with zero attached hydrogens (tertiary/aromatic N) is 4. The molecular weight excluding hydrogens is 306 g/mol. The van der Waals surface area contributed by atoms with Gasteiger partial charge in [0.1, 0.15) is 12.1 Å². The van der Waals surface area contributed by atoms with E-state index < -0.39 is 4.92 Å². The Balaban J connectivity index is 1.97. The highest BCUT2D eigenvalue weighted by molar-refractivity contribution is 7.13. The first kappa shape index (κ1) is 13.9. The predicted molar refractivity (Wildman–Crippen MR) is 80.6 cm³/mol. The van der Waals surface area contributed by atoms with Crippen LogP contribution in [0, 0.1) is 10.1 Å². The Morgan fingerprint density at radius 2 is 2.00 bits per heavy atom. The van der Waals surface area contributed by atoms with E-state index in [1.165, 1.54) is 17.7 Å². The van der Waals surface area contributed by atoms with Crippen LogP contribution in [0.1, 0.15) is 0 Å². The summed E-state index contributed by atoms with van der Waals surface area (Å²) in [4.78, 5) is 22.5. The Morgan fingerprint density at radius 3 is 2.68 bits per heavy atom. The van der Waals surface area contributed by atoms with Crippen molar-refractivity contribution in [2.75, 3.05) is 5.32 Å². The highest BCUT2D eigenvalue weighted by atomic mass is 32.1. The number of ether oxygens (including phenoxy) is 1. The van der Waals surface area contributed by atoms with Gasteiger partial charge in [-0.25, -0.2) is 9.97 Å². The van der Waals surface area contributed by atoms with Gasteiger partial charge in [-0.1, -0.05) is 18.2 Å². The molecule has 0 fully saturated rings.